The molecule has 4 nitrogen and oxygen atoms in total. The lowest BCUT2D eigenvalue weighted by molar-refractivity contribution is -0.135. The minimum absolute atomic E-state index is 0.0465. The van der Waals surface area contributed by atoms with Gasteiger partial charge < -0.3 is 14.5 Å². The molecule has 0 N–H and O–H groups in total. The molecule has 3 rings (SSSR count). The fourth-order valence-corrected chi connectivity index (χ4v) is 3.65. The van der Waals surface area contributed by atoms with Crippen LogP contribution in [0.2, 0.25) is 0 Å². The Morgan fingerprint density at radius 2 is 2.05 bits per heavy atom. The van der Waals surface area contributed by atoms with Crippen LogP contribution in [0.1, 0.15) is 32.6 Å². The summed E-state index contributed by atoms with van der Waals surface area (Å²) in [5, 5.41) is 0. The zero-order chi connectivity index (χ0) is 15.5. The summed E-state index contributed by atoms with van der Waals surface area (Å²) in [5.41, 5.74) is 1.16. The van der Waals surface area contributed by atoms with E-state index in [1.165, 1.54) is 12.8 Å². The summed E-state index contributed by atoms with van der Waals surface area (Å²) < 4.78 is 6.11. The molecule has 0 radical (unpaired) electrons. The number of rotatable bonds is 4. The van der Waals surface area contributed by atoms with Crippen molar-refractivity contribution in [2.45, 2.75) is 38.7 Å². The normalized spacial score (nSPS) is 21.4. The molecule has 1 fully saturated rings. The molecule has 0 bridgehead atoms. The first-order valence-electron chi connectivity index (χ1n) is 8.44. The molecule has 1 saturated carbocycles. The molecule has 0 aromatic heterocycles. The second-order valence-corrected chi connectivity index (χ2v) is 6.45. The number of carbonyl (C=O) groups excluding carboxylic acids is 1. The van der Waals surface area contributed by atoms with Gasteiger partial charge in [0.15, 0.2) is 0 Å². The zero-order valence-electron chi connectivity index (χ0n) is 13.6. The van der Waals surface area contributed by atoms with Gasteiger partial charge >= 0.3 is 0 Å². The van der Waals surface area contributed by atoms with E-state index in [0.717, 1.165) is 37.4 Å². The smallest absolute Gasteiger partial charge is 0.225 e. The third-order valence-electron chi connectivity index (χ3n) is 4.86. The number of carbonyl (C=O) groups is 1. The van der Waals surface area contributed by atoms with Crippen molar-refractivity contribution >= 4 is 11.6 Å². The molecule has 0 spiro atoms. The van der Waals surface area contributed by atoms with Crippen LogP contribution in [0.5, 0.6) is 5.75 Å². The fraction of sp³-hybridized carbons (Fsp3) is 0.611. The molecule has 2 aliphatic rings. The van der Waals surface area contributed by atoms with Crippen molar-refractivity contribution in [1.29, 1.82) is 0 Å². The van der Waals surface area contributed by atoms with Crippen molar-refractivity contribution < 1.29 is 9.53 Å². The quantitative estimate of drug-likeness (QED) is 0.857. The highest BCUT2D eigenvalue weighted by Crippen LogP contribution is 2.33. The van der Waals surface area contributed by atoms with Crippen LogP contribution in [0.15, 0.2) is 24.3 Å². The summed E-state index contributed by atoms with van der Waals surface area (Å²) in [6.45, 7) is 4.62. The summed E-state index contributed by atoms with van der Waals surface area (Å²) in [7, 11) is 1.92. The van der Waals surface area contributed by atoms with Crippen molar-refractivity contribution in [3.05, 3.63) is 24.3 Å². The molecule has 1 aromatic rings. The van der Waals surface area contributed by atoms with Crippen LogP contribution in [-0.4, -0.2) is 43.6 Å². The molecule has 1 atom stereocenters. The van der Waals surface area contributed by atoms with Gasteiger partial charge in [-0.3, -0.25) is 4.79 Å². The van der Waals surface area contributed by atoms with Gasteiger partial charge in [0.1, 0.15) is 11.9 Å². The summed E-state index contributed by atoms with van der Waals surface area (Å²) in [6.07, 6.45) is 4.55. The van der Waals surface area contributed by atoms with E-state index in [0.29, 0.717) is 12.5 Å². The fourth-order valence-electron chi connectivity index (χ4n) is 3.65. The van der Waals surface area contributed by atoms with Crippen LogP contribution < -0.4 is 9.64 Å². The highest BCUT2D eigenvalue weighted by Gasteiger charge is 2.30. The Balaban J connectivity index is 1.65. The molecule has 1 aliphatic carbocycles. The van der Waals surface area contributed by atoms with Crippen molar-refractivity contribution in [3.63, 3.8) is 0 Å². The van der Waals surface area contributed by atoms with E-state index in [-0.39, 0.29) is 12.0 Å². The maximum absolute atomic E-state index is 12.5. The number of para-hydroxylation sites is 2. The molecule has 120 valence electrons. The first-order valence-corrected chi connectivity index (χ1v) is 8.44. The van der Waals surface area contributed by atoms with E-state index in [2.05, 4.69) is 17.9 Å². The Morgan fingerprint density at radius 3 is 2.77 bits per heavy atom. The van der Waals surface area contributed by atoms with E-state index < -0.39 is 0 Å². The van der Waals surface area contributed by atoms with Crippen molar-refractivity contribution in [1.82, 2.24) is 4.90 Å². The number of nitrogens with zero attached hydrogens (tertiary/aromatic N) is 2. The number of ether oxygens (including phenoxy) is 1. The number of hydrogen-bond acceptors (Lipinski definition) is 3. The van der Waals surface area contributed by atoms with Gasteiger partial charge in [-0.1, -0.05) is 25.0 Å². The van der Waals surface area contributed by atoms with Gasteiger partial charge in [-0.2, -0.15) is 0 Å². The van der Waals surface area contributed by atoms with Gasteiger partial charge in [0.25, 0.3) is 0 Å². The average molecular weight is 302 g/mol. The molecule has 0 saturated heterocycles. The van der Waals surface area contributed by atoms with Crippen LogP contribution in [0.3, 0.4) is 0 Å². The number of likely N-dealkylation sites (N-methyl/N-ethyl adjacent to an activating group) is 2. The van der Waals surface area contributed by atoms with E-state index in [1.54, 1.807) is 0 Å². The highest BCUT2D eigenvalue weighted by atomic mass is 16.5. The summed E-state index contributed by atoms with van der Waals surface area (Å²) in [6, 6.07) is 8.16. The lowest BCUT2D eigenvalue weighted by atomic mass is 10.1. The second-order valence-electron chi connectivity index (χ2n) is 6.45. The monoisotopic (exact) mass is 302 g/mol. The van der Waals surface area contributed by atoms with Crippen LogP contribution in [0.25, 0.3) is 0 Å². The zero-order valence-corrected chi connectivity index (χ0v) is 13.6. The maximum Gasteiger partial charge on any atom is 0.225 e. The number of benzene rings is 1. The second kappa shape index (κ2) is 6.59. The third-order valence-corrected chi connectivity index (χ3v) is 4.86. The third kappa shape index (κ3) is 3.06. The Hall–Kier alpha value is -1.71. The molecule has 0 unspecified atom stereocenters. The molecule has 22 heavy (non-hydrogen) atoms. The van der Waals surface area contributed by atoms with Gasteiger partial charge in [0.2, 0.25) is 5.91 Å². The maximum atomic E-state index is 12.5. The topological polar surface area (TPSA) is 32.8 Å². The predicted molar refractivity (Wildman–Crippen MR) is 88.3 cm³/mol. The number of hydrogen-bond donors (Lipinski definition) is 0. The Morgan fingerprint density at radius 1 is 1.32 bits per heavy atom. The molecule has 1 heterocycles. The Bertz CT molecular complexity index is 526. The van der Waals surface area contributed by atoms with E-state index in [1.807, 2.05) is 30.1 Å². The first kappa shape index (κ1) is 15.2. The van der Waals surface area contributed by atoms with E-state index in [4.69, 9.17) is 4.74 Å². The van der Waals surface area contributed by atoms with Crippen molar-refractivity contribution in [2.75, 3.05) is 31.6 Å². The molecule has 1 aliphatic heterocycles. The van der Waals surface area contributed by atoms with Gasteiger partial charge in [0, 0.05) is 19.5 Å². The Labute approximate surface area is 133 Å². The summed E-state index contributed by atoms with van der Waals surface area (Å²) >= 11 is 0. The molecule has 1 amide bonds. The number of anilines is 1. The van der Waals surface area contributed by atoms with Crippen molar-refractivity contribution in [3.8, 4) is 5.75 Å². The van der Waals surface area contributed by atoms with Crippen LogP contribution in [0, 0.1) is 5.92 Å². The lowest BCUT2D eigenvalue weighted by Crippen LogP contribution is -2.47. The summed E-state index contributed by atoms with van der Waals surface area (Å²) in [5.74, 6) is 1.47. The van der Waals surface area contributed by atoms with Gasteiger partial charge in [-0.15, -0.1) is 0 Å². The Kier molecular flexibility index (Phi) is 4.55. The minimum Gasteiger partial charge on any atom is -0.485 e. The average Bonchev–Trinajstić information content (AvgIpc) is 3.07. The van der Waals surface area contributed by atoms with Crippen LogP contribution >= 0.6 is 0 Å². The molecule has 1 aromatic carbocycles. The SMILES string of the molecule is CCN1C[C@H](CN(C)C(=O)C2CCCC2)Oc2ccccc21. The standard InChI is InChI=1S/C18H26N2O2/c1-3-20-13-15(22-17-11-7-6-10-16(17)20)12-19(2)18(21)14-8-4-5-9-14/h6-7,10-11,14-15H,3-5,8-9,12-13H2,1-2H3/t15-/m0/s1. The van der Waals surface area contributed by atoms with Crippen LogP contribution in [0.4, 0.5) is 5.69 Å². The van der Waals surface area contributed by atoms with Gasteiger partial charge in [0.05, 0.1) is 18.8 Å². The van der Waals surface area contributed by atoms with Crippen LogP contribution in [-0.2, 0) is 4.79 Å². The lowest BCUT2D eigenvalue weighted by Gasteiger charge is -2.37. The largest absolute Gasteiger partial charge is 0.485 e. The molecule has 4 heteroatoms. The van der Waals surface area contributed by atoms with Crippen molar-refractivity contribution in [2.24, 2.45) is 5.92 Å². The predicted octanol–water partition coefficient (Wildman–Crippen LogP) is 2.92. The highest BCUT2D eigenvalue weighted by molar-refractivity contribution is 5.78. The van der Waals surface area contributed by atoms with Gasteiger partial charge in [-0.25, -0.2) is 0 Å². The number of fused-ring (bicyclic) bond motifs is 1. The van der Waals surface area contributed by atoms with E-state index in [9.17, 15) is 4.79 Å². The number of amides is 1. The molecular weight excluding hydrogens is 276 g/mol. The van der Waals surface area contributed by atoms with E-state index >= 15 is 0 Å². The molecular formula is C18H26N2O2. The van der Waals surface area contributed by atoms with Gasteiger partial charge in [-0.05, 0) is 31.9 Å². The minimum atomic E-state index is 0.0465. The summed E-state index contributed by atoms with van der Waals surface area (Å²) in [4.78, 5) is 16.7. The first-order chi connectivity index (χ1) is 10.7.